The van der Waals surface area contributed by atoms with Gasteiger partial charge in [-0.25, -0.2) is 0 Å². The summed E-state index contributed by atoms with van der Waals surface area (Å²) in [6.45, 7) is 0. The quantitative estimate of drug-likeness (QED) is 0.911. The van der Waals surface area contributed by atoms with Crippen molar-refractivity contribution < 1.29 is 9.63 Å². The predicted molar refractivity (Wildman–Crippen MR) is 75.2 cm³/mol. The summed E-state index contributed by atoms with van der Waals surface area (Å²) in [5, 5.41) is 23.8. The molecule has 0 amide bonds. The van der Waals surface area contributed by atoms with Gasteiger partial charge in [0.1, 0.15) is 11.4 Å². The second-order valence-electron chi connectivity index (χ2n) is 5.67. The van der Waals surface area contributed by atoms with Crippen molar-refractivity contribution in [3.05, 3.63) is 23.9 Å². The van der Waals surface area contributed by atoms with Gasteiger partial charge in [-0.1, -0.05) is 37.3 Å². The highest BCUT2D eigenvalue weighted by molar-refractivity contribution is 5.81. The van der Waals surface area contributed by atoms with Crippen molar-refractivity contribution in [2.75, 3.05) is 0 Å². The van der Waals surface area contributed by atoms with Gasteiger partial charge in [0.25, 0.3) is 0 Å². The first-order valence-corrected chi connectivity index (χ1v) is 7.26. The van der Waals surface area contributed by atoms with Gasteiger partial charge in [0.05, 0.1) is 12.0 Å². The molecule has 0 bridgehead atoms. The van der Waals surface area contributed by atoms with Crippen LogP contribution in [0.4, 0.5) is 0 Å². The van der Waals surface area contributed by atoms with E-state index in [0.717, 1.165) is 11.8 Å². The van der Waals surface area contributed by atoms with E-state index in [-0.39, 0.29) is 11.7 Å². The van der Waals surface area contributed by atoms with Crippen molar-refractivity contribution in [1.82, 2.24) is 5.16 Å². The zero-order chi connectivity index (χ0) is 13.9. The average molecular weight is 270 g/mol. The molecule has 4 nitrogen and oxygen atoms in total. The zero-order valence-electron chi connectivity index (χ0n) is 11.4. The van der Waals surface area contributed by atoms with Crippen LogP contribution in [0.3, 0.4) is 0 Å². The molecule has 4 heteroatoms. The molecule has 1 unspecified atom stereocenters. The molecule has 1 fully saturated rings. The van der Waals surface area contributed by atoms with Crippen LogP contribution >= 0.6 is 0 Å². The lowest BCUT2D eigenvalue weighted by Gasteiger charge is -2.22. The molecule has 1 aromatic heterocycles. The monoisotopic (exact) mass is 270 g/mol. The van der Waals surface area contributed by atoms with Crippen molar-refractivity contribution in [3.8, 4) is 11.8 Å². The maximum Gasteiger partial charge on any atom is 0.170 e. The first-order valence-electron chi connectivity index (χ1n) is 7.26. The fraction of sp³-hybridized carbons (Fsp3) is 0.500. The van der Waals surface area contributed by atoms with Gasteiger partial charge in [-0.05, 0) is 24.5 Å². The molecular weight excluding hydrogens is 252 g/mol. The largest absolute Gasteiger partial charge is 0.508 e. The van der Waals surface area contributed by atoms with Gasteiger partial charge in [-0.15, -0.1) is 0 Å². The van der Waals surface area contributed by atoms with E-state index >= 15 is 0 Å². The van der Waals surface area contributed by atoms with Gasteiger partial charge in [0, 0.05) is 11.5 Å². The third kappa shape index (κ3) is 2.49. The number of aromatic nitrogens is 1. The van der Waals surface area contributed by atoms with Gasteiger partial charge in [0.2, 0.25) is 0 Å². The molecule has 1 aromatic carbocycles. The van der Waals surface area contributed by atoms with Gasteiger partial charge in [-0.2, -0.15) is 5.26 Å². The van der Waals surface area contributed by atoms with Crippen molar-refractivity contribution in [2.24, 2.45) is 5.92 Å². The fourth-order valence-corrected chi connectivity index (χ4v) is 3.18. The van der Waals surface area contributed by atoms with Crippen LogP contribution in [-0.4, -0.2) is 10.3 Å². The SMILES string of the molecule is N#CC(CC1CCCCC1)c1noc2cc(O)ccc12. The maximum atomic E-state index is 9.46. The molecule has 3 rings (SSSR count). The first-order chi connectivity index (χ1) is 9.78. The summed E-state index contributed by atoms with van der Waals surface area (Å²) in [5.74, 6) is 0.558. The molecule has 2 aromatic rings. The van der Waals surface area contributed by atoms with E-state index in [2.05, 4.69) is 11.2 Å². The second kappa shape index (κ2) is 5.54. The molecule has 0 spiro atoms. The number of nitrogens with zero attached hydrogens (tertiary/aromatic N) is 2. The minimum Gasteiger partial charge on any atom is -0.508 e. The molecule has 1 heterocycles. The molecule has 1 saturated carbocycles. The van der Waals surface area contributed by atoms with Crippen LogP contribution in [0, 0.1) is 17.2 Å². The number of phenols is 1. The molecule has 1 aliphatic rings. The third-order valence-electron chi connectivity index (χ3n) is 4.26. The highest BCUT2D eigenvalue weighted by Crippen LogP contribution is 2.35. The molecule has 1 atom stereocenters. The summed E-state index contributed by atoms with van der Waals surface area (Å²) >= 11 is 0. The Kier molecular flexibility index (Phi) is 3.60. The van der Waals surface area contributed by atoms with Crippen molar-refractivity contribution in [3.63, 3.8) is 0 Å². The highest BCUT2D eigenvalue weighted by atomic mass is 16.5. The van der Waals surface area contributed by atoms with Crippen LogP contribution in [0.5, 0.6) is 5.75 Å². The number of phenolic OH excluding ortho intramolecular Hbond substituents is 1. The Hall–Kier alpha value is -2.02. The van der Waals surface area contributed by atoms with E-state index in [1.165, 1.54) is 32.1 Å². The van der Waals surface area contributed by atoms with Gasteiger partial charge in [-0.3, -0.25) is 0 Å². The highest BCUT2D eigenvalue weighted by Gasteiger charge is 2.24. The Morgan fingerprint density at radius 1 is 1.35 bits per heavy atom. The third-order valence-corrected chi connectivity index (χ3v) is 4.26. The minimum absolute atomic E-state index is 0.154. The summed E-state index contributed by atoms with van der Waals surface area (Å²) in [5.41, 5.74) is 1.26. The van der Waals surface area contributed by atoms with Crippen molar-refractivity contribution >= 4 is 11.0 Å². The van der Waals surface area contributed by atoms with Crippen LogP contribution in [0.2, 0.25) is 0 Å². The van der Waals surface area contributed by atoms with Crippen LogP contribution in [-0.2, 0) is 0 Å². The molecule has 0 aliphatic heterocycles. The summed E-state index contributed by atoms with van der Waals surface area (Å²) in [6.07, 6.45) is 7.16. The Morgan fingerprint density at radius 2 is 2.15 bits per heavy atom. The van der Waals surface area contributed by atoms with E-state index in [1.54, 1.807) is 18.2 Å². The number of fused-ring (bicyclic) bond motifs is 1. The van der Waals surface area contributed by atoms with Crippen LogP contribution in [0.15, 0.2) is 22.7 Å². The molecule has 0 radical (unpaired) electrons. The van der Waals surface area contributed by atoms with Gasteiger partial charge in [0.15, 0.2) is 5.58 Å². The molecule has 20 heavy (non-hydrogen) atoms. The molecule has 0 saturated heterocycles. The minimum atomic E-state index is -0.219. The van der Waals surface area contributed by atoms with Crippen LogP contribution in [0.25, 0.3) is 11.0 Å². The van der Waals surface area contributed by atoms with E-state index < -0.39 is 0 Å². The average Bonchev–Trinajstić information content (AvgIpc) is 2.88. The van der Waals surface area contributed by atoms with E-state index in [1.807, 2.05) is 0 Å². The second-order valence-corrected chi connectivity index (χ2v) is 5.67. The van der Waals surface area contributed by atoms with Crippen LogP contribution < -0.4 is 0 Å². The van der Waals surface area contributed by atoms with Crippen molar-refractivity contribution in [2.45, 2.75) is 44.4 Å². The summed E-state index contributed by atoms with van der Waals surface area (Å²) in [4.78, 5) is 0. The lowest BCUT2D eigenvalue weighted by Crippen LogP contribution is -2.10. The lowest BCUT2D eigenvalue weighted by molar-refractivity contribution is 0.326. The Morgan fingerprint density at radius 3 is 2.90 bits per heavy atom. The zero-order valence-corrected chi connectivity index (χ0v) is 11.4. The molecule has 1 aliphatic carbocycles. The smallest absolute Gasteiger partial charge is 0.170 e. The first kappa shape index (κ1) is 13.0. The standard InChI is InChI=1S/C16H18N2O2/c17-10-12(8-11-4-2-1-3-5-11)16-14-7-6-13(19)9-15(14)20-18-16/h6-7,9,11-12,19H,1-5,8H2. The normalized spacial score (nSPS) is 17.9. The fourth-order valence-electron chi connectivity index (χ4n) is 3.18. The molecule has 104 valence electrons. The Bertz CT molecular complexity index is 635. The summed E-state index contributed by atoms with van der Waals surface area (Å²) in [7, 11) is 0. The Balaban J connectivity index is 1.85. The number of nitriles is 1. The number of hydrogen-bond donors (Lipinski definition) is 1. The van der Waals surface area contributed by atoms with Gasteiger partial charge < -0.3 is 9.63 Å². The number of rotatable bonds is 3. The number of aromatic hydroxyl groups is 1. The topological polar surface area (TPSA) is 70.0 Å². The molecular formula is C16H18N2O2. The van der Waals surface area contributed by atoms with E-state index in [4.69, 9.17) is 4.52 Å². The van der Waals surface area contributed by atoms with Crippen molar-refractivity contribution in [1.29, 1.82) is 5.26 Å². The Labute approximate surface area is 118 Å². The maximum absolute atomic E-state index is 9.46. The summed E-state index contributed by atoms with van der Waals surface area (Å²) in [6, 6.07) is 7.30. The van der Waals surface area contributed by atoms with Gasteiger partial charge >= 0.3 is 0 Å². The van der Waals surface area contributed by atoms with E-state index in [0.29, 0.717) is 17.2 Å². The van der Waals surface area contributed by atoms with Crippen LogP contribution in [0.1, 0.15) is 50.1 Å². The number of benzene rings is 1. The lowest BCUT2D eigenvalue weighted by atomic mass is 9.82. The summed E-state index contributed by atoms with van der Waals surface area (Å²) < 4.78 is 5.24. The number of hydrogen-bond acceptors (Lipinski definition) is 4. The molecule has 1 N–H and O–H groups in total. The predicted octanol–water partition coefficient (Wildman–Crippen LogP) is 4.11. The van der Waals surface area contributed by atoms with E-state index in [9.17, 15) is 10.4 Å².